The highest BCUT2D eigenvalue weighted by Gasteiger charge is 3.00. The van der Waals surface area contributed by atoms with E-state index in [9.17, 15) is 4.79 Å². The van der Waals surface area contributed by atoms with Crippen molar-refractivity contribution in [3.63, 3.8) is 0 Å². The molecular weight excluding hydrogens is 160 g/mol. The predicted octanol–water partition coefficient (Wildman–Crippen LogP) is 2.03. The summed E-state index contributed by atoms with van der Waals surface area (Å²) in [5.41, 5.74) is 1.96. The van der Waals surface area contributed by atoms with Gasteiger partial charge in [0, 0.05) is 16.7 Å². The molecule has 13 heavy (non-hydrogen) atoms. The Hall–Kier alpha value is -0.590. The van der Waals surface area contributed by atoms with E-state index in [4.69, 9.17) is 0 Å². The maximum Gasteiger partial charge on any atom is 0.144 e. The van der Waals surface area contributed by atoms with E-state index in [1.807, 2.05) is 0 Å². The number of fused-ring (bicyclic) bond motifs is 2. The Morgan fingerprint density at radius 2 is 1.92 bits per heavy atom. The van der Waals surface area contributed by atoms with Gasteiger partial charge in [-0.3, -0.25) is 4.79 Å². The number of ketones is 1. The lowest BCUT2D eigenvalue weighted by Gasteiger charge is -2.25. The second kappa shape index (κ2) is 1.18. The average Bonchev–Trinajstić information content (AvgIpc) is 2.77. The van der Waals surface area contributed by atoms with Gasteiger partial charge in [-0.1, -0.05) is 32.9 Å². The molecule has 0 aliphatic heterocycles. The molecular formula is C12H14O. The van der Waals surface area contributed by atoms with Crippen LogP contribution in [0.2, 0.25) is 0 Å². The lowest BCUT2D eigenvalue weighted by atomic mass is 9.78. The molecule has 0 aromatic heterocycles. The van der Waals surface area contributed by atoms with Crippen LogP contribution in [0.15, 0.2) is 12.2 Å². The smallest absolute Gasteiger partial charge is 0.144 e. The first-order valence-electron chi connectivity index (χ1n) is 5.16. The molecule has 0 heterocycles. The van der Waals surface area contributed by atoms with E-state index < -0.39 is 0 Å². The molecule has 0 spiro atoms. The van der Waals surface area contributed by atoms with Crippen molar-refractivity contribution in [1.29, 1.82) is 0 Å². The Balaban J connectivity index is 2.08. The number of rotatable bonds is 0. The number of allylic oxidation sites excluding steroid dienone is 1. The number of Topliss-reactive ketones (excluding diaryl/α,β-unsaturated/α-hetero) is 1. The molecule has 4 aliphatic rings. The highest BCUT2D eigenvalue weighted by molar-refractivity contribution is 6.03. The van der Waals surface area contributed by atoms with E-state index >= 15 is 0 Å². The Bertz CT molecular complexity index is 407. The molecule has 4 rings (SSSR count). The third kappa shape index (κ3) is 0.296. The average molecular weight is 174 g/mol. The largest absolute Gasteiger partial charge is 0.299 e. The third-order valence-corrected chi connectivity index (χ3v) is 6.21. The van der Waals surface area contributed by atoms with Crippen molar-refractivity contribution in [2.24, 2.45) is 34.0 Å². The minimum atomic E-state index is 0.0360. The lowest BCUT2D eigenvalue weighted by molar-refractivity contribution is -0.126. The summed E-state index contributed by atoms with van der Waals surface area (Å²) in [6.07, 6.45) is 0. The topological polar surface area (TPSA) is 17.1 Å². The molecule has 0 aromatic carbocycles. The molecule has 6 atom stereocenters. The van der Waals surface area contributed by atoms with E-state index in [-0.39, 0.29) is 10.8 Å². The molecule has 0 bridgehead atoms. The molecule has 4 saturated carbocycles. The van der Waals surface area contributed by atoms with E-state index in [0.717, 1.165) is 0 Å². The molecule has 0 radical (unpaired) electrons. The van der Waals surface area contributed by atoms with Gasteiger partial charge in [0.2, 0.25) is 0 Å². The van der Waals surface area contributed by atoms with E-state index in [1.54, 1.807) is 0 Å². The highest BCUT2D eigenvalue weighted by Crippen LogP contribution is 3.00. The summed E-state index contributed by atoms with van der Waals surface area (Å²) in [5, 5.41) is 0. The number of hydrogen-bond donors (Lipinski definition) is 0. The van der Waals surface area contributed by atoms with Gasteiger partial charge in [0.25, 0.3) is 0 Å². The molecule has 4 aliphatic carbocycles. The summed E-state index contributed by atoms with van der Waals surface area (Å²) < 4.78 is 0. The highest BCUT2D eigenvalue weighted by atomic mass is 16.1. The maximum absolute atomic E-state index is 12.1. The van der Waals surface area contributed by atoms with Crippen molar-refractivity contribution in [2.45, 2.75) is 20.8 Å². The van der Waals surface area contributed by atoms with Crippen molar-refractivity contribution in [2.75, 3.05) is 0 Å². The van der Waals surface area contributed by atoms with Crippen LogP contribution in [0.5, 0.6) is 0 Å². The van der Waals surface area contributed by atoms with Gasteiger partial charge < -0.3 is 0 Å². The first-order chi connectivity index (χ1) is 5.93. The number of carbonyl (C=O) groups excluding carboxylic acids is 1. The van der Waals surface area contributed by atoms with Gasteiger partial charge in [-0.05, 0) is 17.3 Å². The summed E-state index contributed by atoms with van der Waals surface area (Å²) in [6.45, 7) is 10.9. The zero-order valence-corrected chi connectivity index (χ0v) is 8.35. The molecule has 1 heteroatoms. The van der Waals surface area contributed by atoms with Crippen LogP contribution in [0, 0.1) is 34.0 Å². The van der Waals surface area contributed by atoms with Crippen LogP contribution in [0.4, 0.5) is 0 Å². The van der Waals surface area contributed by atoms with Gasteiger partial charge in [-0.15, -0.1) is 0 Å². The van der Waals surface area contributed by atoms with Gasteiger partial charge in [0.15, 0.2) is 0 Å². The molecule has 1 nitrogen and oxygen atoms in total. The van der Waals surface area contributed by atoms with Crippen LogP contribution in [-0.4, -0.2) is 5.78 Å². The minimum absolute atomic E-state index is 0.0360. The van der Waals surface area contributed by atoms with Crippen LogP contribution >= 0.6 is 0 Å². The van der Waals surface area contributed by atoms with Gasteiger partial charge >= 0.3 is 0 Å². The maximum atomic E-state index is 12.1. The van der Waals surface area contributed by atoms with E-state index in [1.165, 1.54) is 5.57 Å². The van der Waals surface area contributed by atoms with E-state index in [0.29, 0.717) is 29.0 Å². The Morgan fingerprint density at radius 1 is 1.31 bits per heavy atom. The quantitative estimate of drug-likeness (QED) is 0.513. The van der Waals surface area contributed by atoms with Crippen LogP contribution in [-0.2, 0) is 4.79 Å². The summed E-state index contributed by atoms with van der Waals surface area (Å²) in [4.78, 5) is 12.1. The van der Waals surface area contributed by atoms with Crippen LogP contribution in [0.25, 0.3) is 0 Å². The fourth-order valence-corrected chi connectivity index (χ4v) is 5.38. The van der Waals surface area contributed by atoms with Gasteiger partial charge in [0.05, 0.1) is 0 Å². The second-order valence-electron chi connectivity index (χ2n) is 6.05. The van der Waals surface area contributed by atoms with Crippen molar-refractivity contribution in [3.8, 4) is 0 Å². The standard InChI is InChI=1S/C12H14O/c1-5-6-7-10(6,2)9(13)8-11(5,3)12(7,8)4/h6-8H,1H2,2-4H3/t6-,7+,8?,10?,11-,12+/m0/s1. The minimum Gasteiger partial charge on any atom is -0.299 e. The fraction of sp³-hybridized carbons (Fsp3) is 0.750. The third-order valence-electron chi connectivity index (χ3n) is 6.21. The predicted molar refractivity (Wildman–Crippen MR) is 48.9 cm³/mol. The lowest BCUT2D eigenvalue weighted by Crippen LogP contribution is -2.27. The fourth-order valence-electron chi connectivity index (χ4n) is 5.38. The van der Waals surface area contributed by atoms with Gasteiger partial charge in [-0.25, -0.2) is 0 Å². The number of carbonyl (C=O) groups is 1. The van der Waals surface area contributed by atoms with Crippen LogP contribution in [0.3, 0.4) is 0 Å². The zero-order valence-electron chi connectivity index (χ0n) is 8.35. The Labute approximate surface area is 78.2 Å². The SMILES string of the molecule is C=C1[C@H]2[C@@H]3C2(C)C(=O)C2[C@@]1(C)[C@@]23C. The summed E-state index contributed by atoms with van der Waals surface area (Å²) in [7, 11) is 0. The van der Waals surface area contributed by atoms with E-state index in [2.05, 4.69) is 27.4 Å². The summed E-state index contributed by atoms with van der Waals surface area (Å²) in [6, 6.07) is 0. The van der Waals surface area contributed by atoms with Crippen molar-refractivity contribution in [3.05, 3.63) is 12.2 Å². The molecule has 4 fully saturated rings. The molecule has 0 N–H and O–H groups in total. The van der Waals surface area contributed by atoms with Gasteiger partial charge in [-0.2, -0.15) is 0 Å². The van der Waals surface area contributed by atoms with Crippen molar-refractivity contribution in [1.82, 2.24) is 0 Å². The van der Waals surface area contributed by atoms with Crippen molar-refractivity contribution < 1.29 is 4.79 Å². The molecule has 68 valence electrons. The molecule has 0 amide bonds. The monoisotopic (exact) mass is 174 g/mol. The summed E-state index contributed by atoms with van der Waals surface area (Å²) in [5.74, 6) is 2.11. The molecule has 0 aromatic rings. The molecule has 0 saturated heterocycles. The Kier molecular flexibility index (Phi) is 0.616. The second-order valence-corrected chi connectivity index (χ2v) is 6.05. The Morgan fingerprint density at radius 3 is 2.31 bits per heavy atom. The van der Waals surface area contributed by atoms with Gasteiger partial charge in [0.1, 0.15) is 5.78 Å². The number of hydrogen-bond acceptors (Lipinski definition) is 1. The zero-order chi connectivity index (χ0) is 9.39. The van der Waals surface area contributed by atoms with Crippen LogP contribution < -0.4 is 0 Å². The normalized spacial score (nSPS) is 75.8. The molecule has 2 unspecified atom stereocenters. The summed E-state index contributed by atoms with van der Waals surface area (Å²) >= 11 is 0. The first-order valence-corrected chi connectivity index (χ1v) is 5.16. The first kappa shape index (κ1) is 6.80. The van der Waals surface area contributed by atoms with Crippen LogP contribution in [0.1, 0.15) is 20.8 Å². The van der Waals surface area contributed by atoms with Crippen molar-refractivity contribution >= 4 is 5.78 Å².